The van der Waals surface area contributed by atoms with Crippen molar-refractivity contribution >= 4 is 27.3 Å². The van der Waals surface area contributed by atoms with Gasteiger partial charge in [-0.05, 0) is 44.9 Å². The maximum absolute atomic E-state index is 12.8. The van der Waals surface area contributed by atoms with Gasteiger partial charge in [-0.15, -0.1) is 5.10 Å². The van der Waals surface area contributed by atoms with Crippen molar-refractivity contribution in [1.29, 1.82) is 0 Å². The number of nitrogens with zero attached hydrogens (tertiary/aromatic N) is 4. The first-order valence-electron chi connectivity index (χ1n) is 10.1. The molecule has 1 aliphatic heterocycles. The highest BCUT2D eigenvalue weighted by Gasteiger charge is 2.28. The van der Waals surface area contributed by atoms with Crippen molar-refractivity contribution in [2.24, 2.45) is 5.92 Å². The second-order valence-corrected chi connectivity index (χ2v) is 8.49. The predicted molar refractivity (Wildman–Crippen MR) is 108 cm³/mol. The maximum atomic E-state index is 12.8. The molecule has 152 valence electrons. The maximum Gasteiger partial charge on any atom is 0.278 e. The van der Waals surface area contributed by atoms with Crippen molar-refractivity contribution in [3.8, 4) is 0 Å². The summed E-state index contributed by atoms with van der Waals surface area (Å²) in [5, 5.41) is 8.35. The van der Waals surface area contributed by atoms with Crippen molar-refractivity contribution in [2.75, 3.05) is 38.3 Å². The van der Waals surface area contributed by atoms with Gasteiger partial charge in [0.2, 0.25) is 16.0 Å². The highest BCUT2D eigenvalue weighted by Crippen LogP contribution is 2.28. The highest BCUT2D eigenvalue weighted by molar-refractivity contribution is 7.20. The highest BCUT2D eigenvalue weighted by atomic mass is 32.1. The van der Waals surface area contributed by atoms with Crippen molar-refractivity contribution in [2.45, 2.75) is 44.9 Å². The number of piperidine rings is 1. The number of anilines is 1. The summed E-state index contributed by atoms with van der Waals surface area (Å²) in [5.74, 6) is 0.0360. The first-order valence-corrected chi connectivity index (χ1v) is 10.9. The fourth-order valence-electron chi connectivity index (χ4n) is 4.03. The normalized spacial score (nSPS) is 19.6. The van der Waals surface area contributed by atoms with E-state index in [9.17, 15) is 9.59 Å². The molecule has 1 atom stereocenters. The van der Waals surface area contributed by atoms with Gasteiger partial charge < -0.3 is 15.0 Å². The predicted octanol–water partition coefficient (Wildman–Crippen LogP) is 1.40. The zero-order valence-electron chi connectivity index (χ0n) is 16.3. The smallest absolute Gasteiger partial charge is 0.278 e. The lowest BCUT2D eigenvalue weighted by atomic mass is 9.97. The number of aromatic nitrogens is 3. The number of nitrogens with one attached hydrogen (secondary N) is 1. The van der Waals surface area contributed by atoms with E-state index in [2.05, 4.69) is 15.3 Å². The number of aryl methyl sites for hydroxylation is 1. The fraction of sp³-hybridized carbons (Fsp3) is 0.684. The summed E-state index contributed by atoms with van der Waals surface area (Å²) >= 11 is 1.45. The van der Waals surface area contributed by atoms with Crippen LogP contribution in [-0.4, -0.2) is 53.9 Å². The second-order valence-electron chi connectivity index (χ2n) is 7.55. The molecule has 1 amide bonds. The largest absolute Gasteiger partial charge is 0.385 e. The van der Waals surface area contributed by atoms with E-state index in [1.807, 2.05) is 0 Å². The van der Waals surface area contributed by atoms with Gasteiger partial charge in [-0.2, -0.15) is 4.52 Å². The van der Waals surface area contributed by atoms with E-state index in [0.29, 0.717) is 24.7 Å². The molecule has 1 fully saturated rings. The second kappa shape index (κ2) is 8.57. The Morgan fingerprint density at radius 1 is 1.32 bits per heavy atom. The van der Waals surface area contributed by atoms with Crippen molar-refractivity contribution in [1.82, 2.24) is 19.9 Å². The number of carbonyl (C=O) groups is 1. The Bertz CT molecular complexity index is 909. The van der Waals surface area contributed by atoms with Crippen molar-refractivity contribution in [3.05, 3.63) is 21.6 Å². The van der Waals surface area contributed by atoms with Gasteiger partial charge in [0.15, 0.2) is 0 Å². The van der Waals surface area contributed by atoms with Crippen molar-refractivity contribution < 1.29 is 9.53 Å². The Labute approximate surface area is 167 Å². The number of rotatable bonds is 6. The average Bonchev–Trinajstić information content (AvgIpc) is 3.16. The van der Waals surface area contributed by atoms with Gasteiger partial charge in [0.1, 0.15) is 0 Å². The van der Waals surface area contributed by atoms with Crippen LogP contribution in [0.5, 0.6) is 0 Å². The Hall–Kier alpha value is -2.00. The topological polar surface area (TPSA) is 88.8 Å². The van der Waals surface area contributed by atoms with Crippen LogP contribution in [0.4, 0.5) is 5.13 Å². The zero-order valence-corrected chi connectivity index (χ0v) is 17.1. The molecule has 2 aliphatic rings. The molecule has 0 aromatic carbocycles. The number of fused-ring (bicyclic) bond motifs is 2. The van der Waals surface area contributed by atoms with Crippen LogP contribution in [0.3, 0.4) is 0 Å². The summed E-state index contributed by atoms with van der Waals surface area (Å²) in [6.45, 7) is 2.76. The minimum atomic E-state index is -0.0545. The summed E-state index contributed by atoms with van der Waals surface area (Å²) < 4.78 is 6.48. The number of hydrogen-bond donors (Lipinski definition) is 1. The molecule has 1 unspecified atom stereocenters. The SMILES string of the molecule is COCCCNC(=O)C1CCCN(c2nn3c(=O)c4c(nc3s2)CCCC4)C1. The third-order valence-electron chi connectivity index (χ3n) is 5.56. The Morgan fingerprint density at radius 3 is 3.04 bits per heavy atom. The number of ether oxygens (including phenoxy) is 1. The molecular formula is C19H27N5O3S. The van der Waals surface area contributed by atoms with E-state index in [4.69, 9.17) is 9.72 Å². The zero-order chi connectivity index (χ0) is 19.5. The molecule has 1 saturated heterocycles. The lowest BCUT2D eigenvalue weighted by Gasteiger charge is -2.31. The molecule has 1 N–H and O–H groups in total. The molecule has 2 aromatic rings. The molecule has 0 bridgehead atoms. The molecular weight excluding hydrogens is 378 g/mol. The molecule has 1 aliphatic carbocycles. The molecule has 3 heterocycles. The number of hydrogen-bond acceptors (Lipinski definition) is 7. The van der Waals surface area contributed by atoms with Crippen LogP contribution in [0.25, 0.3) is 4.96 Å². The average molecular weight is 406 g/mol. The number of amides is 1. The van der Waals surface area contributed by atoms with Gasteiger partial charge in [0.05, 0.1) is 11.6 Å². The summed E-state index contributed by atoms with van der Waals surface area (Å²) in [6.07, 6.45) is 6.44. The molecule has 2 aromatic heterocycles. The first kappa shape index (κ1) is 19.3. The molecule has 0 saturated carbocycles. The van der Waals surface area contributed by atoms with Crippen molar-refractivity contribution in [3.63, 3.8) is 0 Å². The molecule has 9 heteroatoms. The van der Waals surface area contributed by atoms with Gasteiger partial charge >= 0.3 is 0 Å². The van der Waals surface area contributed by atoms with Gasteiger partial charge in [-0.3, -0.25) is 9.59 Å². The summed E-state index contributed by atoms with van der Waals surface area (Å²) in [7, 11) is 1.66. The quantitative estimate of drug-likeness (QED) is 0.731. The molecule has 0 spiro atoms. The Morgan fingerprint density at radius 2 is 2.18 bits per heavy atom. The molecule has 8 nitrogen and oxygen atoms in total. The Balaban J connectivity index is 1.49. The van der Waals surface area contributed by atoms with Crippen LogP contribution < -0.4 is 15.8 Å². The van der Waals surface area contributed by atoms with Gasteiger partial charge in [0.25, 0.3) is 5.56 Å². The molecule has 4 rings (SSSR count). The van der Waals surface area contributed by atoms with E-state index in [0.717, 1.165) is 67.9 Å². The van der Waals surface area contributed by atoms with Gasteiger partial charge in [0, 0.05) is 38.9 Å². The van der Waals surface area contributed by atoms with E-state index in [-0.39, 0.29) is 17.4 Å². The molecule has 28 heavy (non-hydrogen) atoms. The Kier molecular flexibility index (Phi) is 5.91. The van der Waals surface area contributed by atoms with E-state index >= 15 is 0 Å². The lowest BCUT2D eigenvalue weighted by molar-refractivity contribution is -0.125. The van der Waals surface area contributed by atoms with Crippen LogP contribution in [-0.2, 0) is 22.4 Å². The monoisotopic (exact) mass is 405 g/mol. The van der Waals surface area contributed by atoms with Gasteiger partial charge in [-0.25, -0.2) is 4.98 Å². The first-order chi connectivity index (χ1) is 13.7. The third-order valence-corrected chi connectivity index (χ3v) is 6.53. The van der Waals surface area contributed by atoms with Crippen LogP contribution in [0.1, 0.15) is 43.4 Å². The van der Waals surface area contributed by atoms with E-state index in [1.54, 1.807) is 7.11 Å². The summed E-state index contributed by atoms with van der Waals surface area (Å²) in [4.78, 5) is 32.8. The van der Waals surface area contributed by atoms with Crippen LogP contribution in [0.15, 0.2) is 4.79 Å². The number of methoxy groups -OCH3 is 1. The molecule has 0 radical (unpaired) electrons. The van der Waals surface area contributed by atoms with E-state index in [1.165, 1.54) is 15.9 Å². The number of carbonyl (C=O) groups excluding carboxylic acids is 1. The minimum Gasteiger partial charge on any atom is -0.385 e. The van der Waals surface area contributed by atoms with Crippen LogP contribution in [0, 0.1) is 5.92 Å². The van der Waals surface area contributed by atoms with Gasteiger partial charge in [-0.1, -0.05) is 11.3 Å². The van der Waals surface area contributed by atoms with Crippen LogP contribution in [0.2, 0.25) is 0 Å². The minimum absolute atomic E-state index is 0.0216. The summed E-state index contributed by atoms with van der Waals surface area (Å²) in [5.41, 5.74) is 1.75. The fourth-order valence-corrected chi connectivity index (χ4v) is 4.97. The van der Waals surface area contributed by atoms with Crippen LogP contribution >= 0.6 is 11.3 Å². The summed E-state index contributed by atoms with van der Waals surface area (Å²) in [6, 6.07) is 0. The third kappa shape index (κ3) is 3.91. The lowest BCUT2D eigenvalue weighted by Crippen LogP contribution is -2.43. The van der Waals surface area contributed by atoms with E-state index < -0.39 is 0 Å². The standard InChI is InChI=1S/C19H27N5O3S/c1-27-11-5-9-20-16(25)13-6-4-10-23(12-13)19-22-24-17(26)14-7-2-3-8-15(14)21-18(24)28-19/h13H,2-12H2,1H3,(H,20,25).